The molecule has 0 heterocycles. The monoisotopic (exact) mass is 1010 g/mol. The van der Waals surface area contributed by atoms with Gasteiger partial charge in [0.1, 0.15) is 13.2 Å². The first-order valence-corrected chi connectivity index (χ1v) is 31.3. The van der Waals surface area contributed by atoms with Crippen LogP contribution < -0.4 is 0 Å². The third-order valence-electron chi connectivity index (χ3n) is 13.7. The topological polar surface area (TPSA) is 78.9 Å². The maximum atomic E-state index is 12.9. The fraction of sp³-hybridized carbons (Fsp3) is 0.803. The van der Waals surface area contributed by atoms with E-state index in [0.717, 1.165) is 96.3 Å². The number of hydrogen-bond acceptors (Lipinski definition) is 6. The number of esters is 3. The molecule has 0 aromatic rings. The molecule has 0 aromatic carbocycles. The summed E-state index contributed by atoms with van der Waals surface area (Å²) >= 11 is 0. The Morgan fingerprint density at radius 2 is 0.500 bits per heavy atom. The smallest absolute Gasteiger partial charge is 0.306 e. The van der Waals surface area contributed by atoms with Gasteiger partial charge in [-0.25, -0.2) is 0 Å². The van der Waals surface area contributed by atoms with Gasteiger partial charge in [-0.15, -0.1) is 0 Å². The normalized spacial score (nSPS) is 12.4. The number of unbranched alkanes of at least 4 members (excludes halogenated alkanes) is 36. The summed E-state index contributed by atoms with van der Waals surface area (Å²) in [7, 11) is 0. The minimum Gasteiger partial charge on any atom is -0.462 e. The maximum Gasteiger partial charge on any atom is 0.306 e. The summed E-state index contributed by atoms with van der Waals surface area (Å²) in [6, 6.07) is 0. The van der Waals surface area contributed by atoms with Crippen molar-refractivity contribution in [2.45, 2.75) is 329 Å². The van der Waals surface area contributed by atoms with E-state index in [0.29, 0.717) is 19.3 Å². The highest BCUT2D eigenvalue weighted by Gasteiger charge is 2.19. The predicted octanol–water partition coefficient (Wildman–Crippen LogP) is 21.2. The van der Waals surface area contributed by atoms with Crippen LogP contribution in [0.1, 0.15) is 323 Å². The summed E-state index contributed by atoms with van der Waals surface area (Å²) in [6.45, 7) is 6.59. The minimum absolute atomic E-state index is 0.0806. The molecule has 1 atom stereocenters. The lowest BCUT2D eigenvalue weighted by atomic mass is 10.0. The Kier molecular flexibility index (Phi) is 58.2. The van der Waals surface area contributed by atoms with Gasteiger partial charge >= 0.3 is 17.9 Å². The van der Waals surface area contributed by atoms with Gasteiger partial charge in [0, 0.05) is 19.3 Å². The van der Waals surface area contributed by atoms with Crippen LogP contribution in [0.4, 0.5) is 0 Å². The van der Waals surface area contributed by atoms with Crippen LogP contribution in [0.2, 0.25) is 0 Å². The Balaban J connectivity index is 4.22. The van der Waals surface area contributed by atoms with Crippen LogP contribution in [0.15, 0.2) is 60.8 Å². The van der Waals surface area contributed by atoms with Crippen molar-refractivity contribution in [3.8, 4) is 0 Å². The van der Waals surface area contributed by atoms with Crippen molar-refractivity contribution in [1.82, 2.24) is 0 Å². The van der Waals surface area contributed by atoms with Gasteiger partial charge < -0.3 is 14.2 Å². The molecule has 0 saturated heterocycles. The molecule has 0 aliphatic heterocycles. The van der Waals surface area contributed by atoms with Crippen molar-refractivity contribution < 1.29 is 28.6 Å². The molecular formula is C66H118O6. The number of ether oxygens (including phenoxy) is 3. The second kappa shape index (κ2) is 60.7. The van der Waals surface area contributed by atoms with Crippen molar-refractivity contribution >= 4 is 17.9 Å². The molecule has 0 fully saturated rings. The Bertz CT molecular complexity index is 1290. The first kappa shape index (κ1) is 69.1. The molecule has 0 aliphatic rings. The van der Waals surface area contributed by atoms with E-state index in [9.17, 15) is 14.4 Å². The highest BCUT2D eigenvalue weighted by Crippen LogP contribution is 2.16. The molecule has 0 aliphatic carbocycles. The molecule has 0 amide bonds. The number of allylic oxidation sites excluding steroid dienone is 10. The van der Waals surface area contributed by atoms with E-state index >= 15 is 0 Å². The molecule has 0 rings (SSSR count). The molecule has 6 nitrogen and oxygen atoms in total. The SMILES string of the molecule is CCCCC/C=C\C/C=C\CCCCCCCC(=O)OC(COC(=O)CCCCCCC/C=C\CCCCC)COC(=O)CCCCCCCCCCCCCCCCC/C=C\C/C=C\CCCCCCC. The molecule has 1 unspecified atom stereocenters. The zero-order chi connectivity index (χ0) is 52.2. The van der Waals surface area contributed by atoms with E-state index in [1.54, 1.807) is 0 Å². The summed E-state index contributed by atoms with van der Waals surface area (Å²) in [5, 5.41) is 0. The van der Waals surface area contributed by atoms with Crippen LogP contribution in [0, 0.1) is 0 Å². The van der Waals surface area contributed by atoms with Crippen LogP contribution >= 0.6 is 0 Å². The first-order chi connectivity index (χ1) is 35.5. The summed E-state index contributed by atoms with van der Waals surface area (Å²) in [4.78, 5) is 38.2. The van der Waals surface area contributed by atoms with Gasteiger partial charge in [0.25, 0.3) is 0 Å². The van der Waals surface area contributed by atoms with Gasteiger partial charge in [-0.1, -0.05) is 255 Å². The van der Waals surface area contributed by atoms with Gasteiger partial charge in [-0.2, -0.15) is 0 Å². The Labute approximate surface area is 447 Å². The molecule has 0 N–H and O–H groups in total. The number of rotatable bonds is 57. The van der Waals surface area contributed by atoms with E-state index in [1.807, 2.05) is 0 Å². The van der Waals surface area contributed by atoms with Crippen LogP contribution in [0.3, 0.4) is 0 Å². The van der Waals surface area contributed by atoms with Crippen molar-refractivity contribution in [3.05, 3.63) is 60.8 Å². The Hall–Kier alpha value is -2.89. The van der Waals surface area contributed by atoms with Crippen LogP contribution in [0.25, 0.3) is 0 Å². The molecule has 0 saturated carbocycles. The van der Waals surface area contributed by atoms with Crippen LogP contribution in [-0.4, -0.2) is 37.2 Å². The van der Waals surface area contributed by atoms with Gasteiger partial charge in [0.15, 0.2) is 6.10 Å². The van der Waals surface area contributed by atoms with Crippen molar-refractivity contribution in [1.29, 1.82) is 0 Å². The summed E-state index contributed by atoms with van der Waals surface area (Å²) < 4.78 is 16.9. The van der Waals surface area contributed by atoms with Gasteiger partial charge in [-0.05, 0) is 109 Å². The molecule has 0 aromatic heterocycles. The third kappa shape index (κ3) is 58.0. The lowest BCUT2D eigenvalue weighted by Crippen LogP contribution is -2.30. The van der Waals surface area contributed by atoms with E-state index in [-0.39, 0.29) is 31.1 Å². The van der Waals surface area contributed by atoms with Crippen molar-refractivity contribution in [3.63, 3.8) is 0 Å². The fourth-order valence-corrected chi connectivity index (χ4v) is 8.97. The minimum atomic E-state index is -0.784. The largest absolute Gasteiger partial charge is 0.462 e. The zero-order valence-electron chi connectivity index (χ0n) is 47.9. The lowest BCUT2D eigenvalue weighted by molar-refractivity contribution is -0.167. The number of carbonyl (C=O) groups excluding carboxylic acids is 3. The molecule has 0 spiro atoms. The molecule has 418 valence electrons. The van der Waals surface area contributed by atoms with Crippen molar-refractivity contribution in [2.24, 2.45) is 0 Å². The fourth-order valence-electron chi connectivity index (χ4n) is 8.97. The molecular weight excluding hydrogens is 889 g/mol. The van der Waals surface area contributed by atoms with E-state index in [2.05, 4.69) is 81.5 Å². The van der Waals surface area contributed by atoms with E-state index in [4.69, 9.17) is 14.2 Å². The van der Waals surface area contributed by atoms with Crippen LogP contribution in [-0.2, 0) is 28.6 Å². The van der Waals surface area contributed by atoms with Gasteiger partial charge in [0.2, 0.25) is 0 Å². The Morgan fingerprint density at radius 3 is 0.806 bits per heavy atom. The quantitative estimate of drug-likeness (QED) is 0.0261. The number of hydrogen-bond donors (Lipinski definition) is 0. The van der Waals surface area contributed by atoms with Gasteiger partial charge in [-0.3, -0.25) is 14.4 Å². The first-order valence-electron chi connectivity index (χ1n) is 31.3. The molecule has 72 heavy (non-hydrogen) atoms. The average Bonchev–Trinajstić information content (AvgIpc) is 3.38. The maximum absolute atomic E-state index is 12.9. The lowest BCUT2D eigenvalue weighted by Gasteiger charge is -2.18. The van der Waals surface area contributed by atoms with E-state index in [1.165, 1.54) is 186 Å². The van der Waals surface area contributed by atoms with Gasteiger partial charge in [0.05, 0.1) is 0 Å². The predicted molar refractivity (Wildman–Crippen MR) is 312 cm³/mol. The Morgan fingerprint density at radius 1 is 0.278 bits per heavy atom. The molecule has 0 radical (unpaired) electrons. The summed E-state index contributed by atoms with van der Waals surface area (Å²) in [5.74, 6) is -0.891. The molecule has 6 heteroatoms. The third-order valence-corrected chi connectivity index (χ3v) is 13.7. The molecule has 0 bridgehead atoms. The standard InChI is InChI=1S/C66H118O6/c1-4-7-10-13-16-19-22-25-27-28-29-30-31-32-33-34-35-36-37-38-40-41-44-47-50-53-56-59-65(68)71-62-63(61-70-64(67)58-55-52-49-46-43-24-21-18-15-12-9-6-3)72-66(69)60-57-54-51-48-45-42-39-26-23-20-17-14-11-8-5-2/h17-18,20-22,25-26,28-29,39,63H,4-16,19,23-24,27,30-38,40-62H2,1-3H3/b20-17-,21-18-,25-22-,29-28-,39-26-. The van der Waals surface area contributed by atoms with Crippen LogP contribution in [0.5, 0.6) is 0 Å². The average molecular weight is 1010 g/mol. The number of carbonyl (C=O) groups is 3. The highest BCUT2D eigenvalue weighted by molar-refractivity contribution is 5.71. The van der Waals surface area contributed by atoms with Crippen molar-refractivity contribution in [2.75, 3.05) is 13.2 Å². The summed E-state index contributed by atoms with van der Waals surface area (Å²) in [5.41, 5.74) is 0. The second-order valence-corrected chi connectivity index (χ2v) is 21.0. The highest BCUT2D eigenvalue weighted by atomic mass is 16.6. The second-order valence-electron chi connectivity index (χ2n) is 21.0. The zero-order valence-corrected chi connectivity index (χ0v) is 47.9. The van der Waals surface area contributed by atoms with E-state index < -0.39 is 6.10 Å². The summed E-state index contributed by atoms with van der Waals surface area (Å²) in [6.07, 6.45) is 76.6.